The van der Waals surface area contributed by atoms with Gasteiger partial charge in [-0.25, -0.2) is 4.98 Å². The van der Waals surface area contributed by atoms with Gasteiger partial charge in [0, 0.05) is 7.05 Å². The molecule has 0 radical (unpaired) electrons. The van der Waals surface area contributed by atoms with Crippen LogP contribution in [0.15, 0.2) is 12.7 Å². The molecule has 2 rings (SSSR count). The Morgan fingerprint density at radius 2 is 1.77 bits per heavy atom. The normalized spacial score (nSPS) is 17.7. The standard InChI is InChI=1S/C6H13N.C3H5N3/c1-7-5-3-2-4-6-7;1-6-3-4-2-5-6/h2-6H2,1H3;2-3H,1H3. The lowest BCUT2D eigenvalue weighted by Crippen LogP contribution is -2.24. The van der Waals surface area contributed by atoms with Crippen molar-refractivity contribution in [2.24, 2.45) is 7.05 Å². The molecule has 0 unspecified atom stereocenters. The van der Waals surface area contributed by atoms with E-state index in [1.54, 1.807) is 11.0 Å². The Bertz CT molecular complexity index is 201. The van der Waals surface area contributed by atoms with Crippen molar-refractivity contribution < 1.29 is 0 Å². The van der Waals surface area contributed by atoms with E-state index in [1.165, 1.54) is 38.7 Å². The summed E-state index contributed by atoms with van der Waals surface area (Å²) in [7, 11) is 4.02. The molecule has 0 aromatic carbocycles. The lowest BCUT2D eigenvalue weighted by atomic mass is 10.1. The third kappa shape index (κ3) is 4.62. The first kappa shape index (κ1) is 10.2. The van der Waals surface area contributed by atoms with Crippen molar-refractivity contribution >= 4 is 0 Å². The number of piperidine rings is 1. The van der Waals surface area contributed by atoms with E-state index in [0.29, 0.717) is 0 Å². The lowest BCUT2D eigenvalue weighted by molar-refractivity contribution is 0.277. The first-order chi connectivity index (χ1) is 6.29. The number of aryl methyl sites for hydroxylation is 1. The molecule has 0 saturated carbocycles. The Kier molecular flexibility index (Phi) is 4.46. The van der Waals surface area contributed by atoms with Crippen molar-refractivity contribution in [3.05, 3.63) is 12.7 Å². The summed E-state index contributed by atoms with van der Waals surface area (Å²) in [6.45, 7) is 2.64. The Balaban J connectivity index is 0.000000132. The van der Waals surface area contributed by atoms with Crippen molar-refractivity contribution in [3.8, 4) is 0 Å². The van der Waals surface area contributed by atoms with Gasteiger partial charge < -0.3 is 4.90 Å². The molecule has 1 aromatic rings. The zero-order chi connectivity index (χ0) is 9.52. The zero-order valence-electron chi connectivity index (χ0n) is 8.48. The number of aromatic nitrogens is 3. The van der Waals surface area contributed by atoms with Gasteiger partial charge in [-0.15, -0.1) is 0 Å². The first-order valence-corrected chi connectivity index (χ1v) is 4.76. The zero-order valence-corrected chi connectivity index (χ0v) is 8.48. The molecule has 74 valence electrons. The molecule has 1 fully saturated rings. The van der Waals surface area contributed by atoms with Gasteiger partial charge in [-0.3, -0.25) is 4.68 Å². The largest absolute Gasteiger partial charge is 0.306 e. The third-order valence-corrected chi connectivity index (χ3v) is 2.11. The van der Waals surface area contributed by atoms with E-state index in [2.05, 4.69) is 22.0 Å². The summed E-state index contributed by atoms with van der Waals surface area (Å²) in [4.78, 5) is 6.07. The fourth-order valence-electron chi connectivity index (χ4n) is 1.32. The first-order valence-electron chi connectivity index (χ1n) is 4.76. The lowest BCUT2D eigenvalue weighted by Gasteiger charge is -2.20. The van der Waals surface area contributed by atoms with E-state index in [9.17, 15) is 0 Å². The van der Waals surface area contributed by atoms with E-state index in [-0.39, 0.29) is 0 Å². The van der Waals surface area contributed by atoms with Gasteiger partial charge >= 0.3 is 0 Å². The molecular formula is C9H18N4. The summed E-state index contributed by atoms with van der Waals surface area (Å²) in [6, 6.07) is 0. The van der Waals surface area contributed by atoms with Gasteiger partial charge in [0.2, 0.25) is 0 Å². The molecule has 0 amide bonds. The Morgan fingerprint density at radius 1 is 1.08 bits per heavy atom. The van der Waals surface area contributed by atoms with Crippen LogP contribution in [-0.4, -0.2) is 39.8 Å². The van der Waals surface area contributed by atoms with Crippen molar-refractivity contribution in [1.29, 1.82) is 0 Å². The van der Waals surface area contributed by atoms with E-state index >= 15 is 0 Å². The van der Waals surface area contributed by atoms with Gasteiger partial charge in [0.15, 0.2) is 0 Å². The van der Waals surface area contributed by atoms with Gasteiger partial charge in [0.05, 0.1) is 0 Å². The summed E-state index contributed by atoms with van der Waals surface area (Å²) in [6.07, 6.45) is 7.41. The highest BCUT2D eigenvalue weighted by Crippen LogP contribution is 2.04. The van der Waals surface area contributed by atoms with Crippen molar-refractivity contribution in [3.63, 3.8) is 0 Å². The number of hydrogen-bond donors (Lipinski definition) is 0. The number of hydrogen-bond acceptors (Lipinski definition) is 3. The maximum atomic E-state index is 3.72. The SMILES string of the molecule is CN1CCCCC1.Cn1cncn1. The summed E-state index contributed by atoms with van der Waals surface area (Å²) in [5.74, 6) is 0. The van der Waals surface area contributed by atoms with Crippen LogP contribution >= 0.6 is 0 Å². The molecule has 0 spiro atoms. The Hall–Kier alpha value is -0.900. The van der Waals surface area contributed by atoms with E-state index < -0.39 is 0 Å². The molecule has 0 bridgehead atoms. The summed E-state index contributed by atoms with van der Waals surface area (Å²) < 4.78 is 1.64. The maximum Gasteiger partial charge on any atom is 0.137 e. The average Bonchev–Trinajstić information content (AvgIpc) is 2.58. The van der Waals surface area contributed by atoms with E-state index in [4.69, 9.17) is 0 Å². The fourth-order valence-corrected chi connectivity index (χ4v) is 1.32. The third-order valence-electron chi connectivity index (χ3n) is 2.11. The minimum atomic E-state index is 1.32. The Labute approximate surface area is 79.6 Å². The van der Waals surface area contributed by atoms with Crippen LogP contribution in [0.2, 0.25) is 0 Å². The fraction of sp³-hybridized carbons (Fsp3) is 0.778. The monoisotopic (exact) mass is 182 g/mol. The second-order valence-electron chi connectivity index (χ2n) is 3.43. The molecular weight excluding hydrogens is 164 g/mol. The van der Waals surface area contributed by atoms with Gasteiger partial charge in [0.25, 0.3) is 0 Å². The molecule has 1 saturated heterocycles. The quantitative estimate of drug-likeness (QED) is 0.598. The maximum absolute atomic E-state index is 3.72. The summed E-state index contributed by atoms with van der Waals surface area (Å²) in [5, 5.41) is 3.72. The van der Waals surface area contributed by atoms with Gasteiger partial charge in [-0.1, -0.05) is 6.42 Å². The molecule has 1 aromatic heterocycles. The van der Waals surface area contributed by atoms with Crippen LogP contribution in [0.5, 0.6) is 0 Å². The predicted molar refractivity (Wildman–Crippen MR) is 52.4 cm³/mol. The molecule has 0 atom stereocenters. The second kappa shape index (κ2) is 5.70. The van der Waals surface area contributed by atoms with E-state index in [0.717, 1.165) is 0 Å². The minimum Gasteiger partial charge on any atom is -0.306 e. The number of likely N-dealkylation sites (tertiary alicyclic amines) is 1. The molecule has 1 aliphatic rings. The molecule has 13 heavy (non-hydrogen) atoms. The van der Waals surface area contributed by atoms with Crippen LogP contribution in [-0.2, 0) is 7.05 Å². The van der Waals surface area contributed by atoms with E-state index in [1.807, 2.05) is 7.05 Å². The van der Waals surface area contributed by atoms with Crippen LogP contribution in [0.1, 0.15) is 19.3 Å². The summed E-state index contributed by atoms with van der Waals surface area (Å²) in [5.41, 5.74) is 0. The molecule has 2 heterocycles. The highest BCUT2D eigenvalue weighted by molar-refractivity contribution is 4.58. The van der Waals surface area contributed by atoms with Crippen LogP contribution in [0.4, 0.5) is 0 Å². The Morgan fingerprint density at radius 3 is 2.00 bits per heavy atom. The molecule has 0 N–H and O–H groups in total. The van der Waals surface area contributed by atoms with Gasteiger partial charge in [-0.2, -0.15) is 5.10 Å². The molecule has 4 nitrogen and oxygen atoms in total. The van der Waals surface area contributed by atoms with Crippen LogP contribution < -0.4 is 0 Å². The number of rotatable bonds is 0. The molecule has 0 aliphatic carbocycles. The topological polar surface area (TPSA) is 34.0 Å². The van der Waals surface area contributed by atoms with Crippen LogP contribution in [0, 0.1) is 0 Å². The minimum absolute atomic E-state index is 1.32. The van der Waals surface area contributed by atoms with Gasteiger partial charge in [-0.05, 0) is 33.0 Å². The van der Waals surface area contributed by atoms with Gasteiger partial charge in [0.1, 0.15) is 12.7 Å². The van der Waals surface area contributed by atoms with Crippen molar-refractivity contribution in [2.75, 3.05) is 20.1 Å². The van der Waals surface area contributed by atoms with Crippen molar-refractivity contribution in [2.45, 2.75) is 19.3 Å². The average molecular weight is 182 g/mol. The molecule has 1 aliphatic heterocycles. The number of nitrogens with zero attached hydrogens (tertiary/aromatic N) is 4. The molecule has 4 heteroatoms. The van der Waals surface area contributed by atoms with Crippen molar-refractivity contribution in [1.82, 2.24) is 19.7 Å². The smallest absolute Gasteiger partial charge is 0.137 e. The second-order valence-corrected chi connectivity index (χ2v) is 3.43. The predicted octanol–water partition coefficient (Wildman–Crippen LogP) is 0.917. The summed E-state index contributed by atoms with van der Waals surface area (Å²) >= 11 is 0. The van der Waals surface area contributed by atoms with Crippen LogP contribution in [0.3, 0.4) is 0 Å². The highest BCUT2D eigenvalue weighted by Gasteiger charge is 2.02. The van der Waals surface area contributed by atoms with Crippen LogP contribution in [0.25, 0.3) is 0 Å². The highest BCUT2D eigenvalue weighted by atomic mass is 15.3.